The number of nitrogens with one attached hydrogen (secondary N) is 1. The molecule has 0 aliphatic rings. The van der Waals surface area contributed by atoms with Gasteiger partial charge in [0.15, 0.2) is 0 Å². The molecule has 40 valence electrons. The molecule has 1 nitrogen and oxygen atoms in total. The van der Waals surface area contributed by atoms with E-state index < -0.39 is 0 Å². The van der Waals surface area contributed by atoms with Gasteiger partial charge in [-0.25, -0.2) is 0 Å². The van der Waals surface area contributed by atoms with Crippen LogP contribution in [-0.4, -0.2) is 12.6 Å². The van der Waals surface area contributed by atoms with E-state index in [2.05, 4.69) is 33.5 Å². The van der Waals surface area contributed by atoms with Crippen LogP contribution in [-0.2, 0) is 0 Å². The van der Waals surface area contributed by atoms with Crippen LogP contribution in [0.15, 0.2) is 0 Å². The van der Waals surface area contributed by atoms with Crippen molar-refractivity contribution in [3.63, 3.8) is 0 Å². The third kappa shape index (κ3) is 6.17. The third-order valence-electron chi connectivity index (χ3n) is 0.589. The van der Waals surface area contributed by atoms with Crippen LogP contribution in [0.4, 0.5) is 0 Å². The second kappa shape index (κ2) is 4.33. The molecule has 0 amide bonds. The van der Waals surface area contributed by atoms with Crippen LogP contribution in [0, 0.1) is 5.63 Å². The molecule has 0 bridgehead atoms. The first kappa shape index (κ1) is 7.17. The predicted molar refractivity (Wildman–Crippen MR) is 33.9 cm³/mol. The van der Waals surface area contributed by atoms with E-state index in [0.29, 0.717) is 6.04 Å². The summed E-state index contributed by atoms with van der Waals surface area (Å²) in [4.78, 5) is 0. The first-order chi connectivity index (χ1) is 3.27. The van der Waals surface area contributed by atoms with Crippen LogP contribution >= 0.6 is 8.70 Å². The summed E-state index contributed by atoms with van der Waals surface area (Å²) in [6.45, 7) is 4.94. The Kier molecular flexibility index (Phi) is 4.44. The van der Waals surface area contributed by atoms with E-state index in [1.807, 2.05) is 0 Å². The Morgan fingerprint density at radius 1 is 1.71 bits per heavy atom. The Bertz CT molecular complexity index is 72.6. The summed E-state index contributed by atoms with van der Waals surface area (Å²) < 4.78 is 0. The molecular weight excluding hydrogens is 105 g/mol. The van der Waals surface area contributed by atoms with Gasteiger partial charge in [-0.3, -0.25) is 0 Å². The Morgan fingerprint density at radius 3 is 2.43 bits per heavy atom. The molecule has 0 spiro atoms. The second-order valence-electron chi connectivity index (χ2n) is 1.69. The summed E-state index contributed by atoms with van der Waals surface area (Å²) in [5, 5.41) is 3.11. The molecule has 0 rings (SSSR count). The molecule has 0 aromatic rings. The molecule has 0 aromatic heterocycles. The van der Waals surface area contributed by atoms with E-state index in [1.165, 1.54) is 0 Å². The van der Waals surface area contributed by atoms with Crippen LogP contribution in [0.5, 0.6) is 0 Å². The van der Waals surface area contributed by atoms with E-state index >= 15 is 0 Å². The molecule has 0 radical (unpaired) electrons. The molecule has 1 N–H and O–H groups in total. The molecule has 0 saturated carbocycles. The first-order valence-corrected chi connectivity index (χ1v) is 2.82. The Hall–Kier alpha value is 0.170. The van der Waals surface area contributed by atoms with E-state index in [4.69, 9.17) is 0 Å². The van der Waals surface area contributed by atoms with Crippen molar-refractivity contribution >= 4 is 8.70 Å². The third-order valence-corrected chi connectivity index (χ3v) is 0.747. The number of hydrogen-bond acceptors (Lipinski definition) is 1. The summed E-state index contributed by atoms with van der Waals surface area (Å²) >= 11 is 0. The summed E-state index contributed by atoms with van der Waals surface area (Å²) in [6.07, 6.45) is 0. The maximum atomic E-state index is 3.78. The molecule has 0 aromatic carbocycles. The molecule has 7 heavy (non-hydrogen) atoms. The van der Waals surface area contributed by atoms with Gasteiger partial charge in [0.25, 0.3) is 0 Å². The zero-order chi connectivity index (χ0) is 5.70. The maximum absolute atomic E-state index is 3.78. The van der Waals surface area contributed by atoms with Gasteiger partial charge in [0, 0.05) is 0 Å². The Morgan fingerprint density at radius 2 is 2.29 bits per heavy atom. The monoisotopic (exact) mass is 115 g/mol. The van der Waals surface area contributed by atoms with E-state index in [-0.39, 0.29) is 0 Å². The molecular formula is C5H10NP. The number of rotatable bonds is 2. The van der Waals surface area contributed by atoms with Gasteiger partial charge < -0.3 is 0 Å². The van der Waals surface area contributed by atoms with Gasteiger partial charge in [-0.15, -0.1) is 0 Å². The molecule has 0 heterocycles. The first-order valence-electron chi connectivity index (χ1n) is 2.37. The minimum absolute atomic E-state index is 0.541. The van der Waals surface area contributed by atoms with Crippen molar-refractivity contribution in [2.45, 2.75) is 19.9 Å². The average molecular weight is 115 g/mol. The zero-order valence-electron chi connectivity index (χ0n) is 4.73. The SMILES string of the molecule is CC(C)NCC#P. The topological polar surface area (TPSA) is 12.0 Å². The van der Waals surface area contributed by atoms with Gasteiger partial charge in [-0.2, -0.15) is 0 Å². The predicted octanol–water partition coefficient (Wildman–Crippen LogP) is 1.35. The summed E-state index contributed by atoms with van der Waals surface area (Å²) in [5.41, 5.74) is 2.68. The van der Waals surface area contributed by atoms with E-state index in [1.54, 1.807) is 0 Å². The van der Waals surface area contributed by atoms with Gasteiger partial charge in [-0.1, -0.05) is 0 Å². The molecule has 0 aliphatic carbocycles. The van der Waals surface area contributed by atoms with Crippen molar-refractivity contribution in [1.82, 2.24) is 5.32 Å². The van der Waals surface area contributed by atoms with Crippen LogP contribution in [0.2, 0.25) is 0 Å². The Balaban J connectivity index is 2.86. The van der Waals surface area contributed by atoms with E-state index in [0.717, 1.165) is 6.54 Å². The normalized spacial score (nSPS) is 8.86. The van der Waals surface area contributed by atoms with Crippen LogP contribution in [0.25, 0.3) is 0 Å². The summed E-state index contributed by atoms with van der Waals surface area (Å²) in [6, 6.07) is 0.541. The van der Waals surface area contributed by atoms with Crippen molar-refractivity contribution in [1.29, 1.82) is 0 Å². The van der Waals surface area contributed by atoms with Crippen molar-refractivity contribution < 1.29 is 0 Å². The van der Waals surface area contributed by atoms with Gasteiger partial charge in [0.05, 0.1) is 0 Å². The average Bonchev–Trinajstić information content (AvgIpc) is 1.61. The van der Waals surface area contributed by atoms with Gasteiger partial charge in [-0.05, 0) is 0 Å². The molecule has 0 saturated heterocycles. The summed E-state index contributed by atoms with van der Waals surface area (Å²) in [7, 11) is 3.78. The minimum atomic E-state index is 0.541. The zero-order valence-corrected chi connectivity index (χ0v) is 5.63. The quantitative estimate of drug-likeness (QED) is 0.536. The summed E-state index contributed by atoms with van der Waals surface area (Å²) in [5.74, 6) is 0. The Labute approximate surface area is 47.0 Å². The number of hydrogen-bond donors (Lipinski definition) is 1. The van der Waals surface area contributed by atoms with Crippen LogP contribution in [0.1, 0.15) is 13.8 Å². The van der Waals surface area contributed by atoms with E-state index in [9.17, 15) is 0 Å². The van der Waals surface area contributed by atoms with Gasteiger partial charge in [0.2, 0.25) is 0 Å². The second-order valence-corrected chi connectivity index (χ2v) is 2.01. The fraction of sp³-hybridized carbons (Fsp3) is 0.800. The molecule has 0 unspecified atom stereocenters. The van der Waals surface area contributed by atoms with Crippen molar-refractivity contribution in [2.75, 3.05) is 6.54 Å². The fourth-order valence-corrected chi connectivity index (χ4v) is 0.341. The van der Waals surface area contributed by atoms with Gasteiger partial charge >= 0.3 is 46.1 Å². The molecule has 0 atom stereocenters. The van der Waals surface area contributed by atoms with Crippen molar-refractivity contribution in [3.8, 4) is 5.63 Å². The van der Waals surface area contributed by atoms with Crippen LogP contribution < -0.4 is 5.32 Å². The molecule has 0 aliphatic heterocycles. The van der Waals surface area contributed by atoms with Gasteiger partial charge in [0.1, 0.15) is 0 Å². The van der Waals surface area contributed by atoms with Crippen LogP contribution in [0.3, 0.4) is 0 Å². The molecule has 2 heteroatoms. The molecule has 0 fully saturated rings. The fourth-order valence-electron chi connectivity index (χ4n) is 0.250. The van der Waals surface area contributed by atoms with Crippen molar-refractivity contribution in [2.24, 2.45) is 0 Å². The standard InChI is InChI=1S/C5H10NP/c1-5(2)6-3-4-7/h5-6H,3H2,1-2H3. The van der Waals surface area contributed by atoms with Crippen molar-refractivity contribution in [3.05, 3.63) is 0 Å².